The number of hydrogen-bond donors (Lipinski definition) is 2. The second-order valence-electron chi connectivity index (χ2n) is 3.91. The van der Waals surface area contributed by atoms with Crippen molar-refractivity contribution in [2.45, 2.75) is 44.7 Å². The zero-order valence-corrected chi connectivity index (χ0v) is 11.9. The molecule has 17 heavy (non-hydrogen) atoms. The van der Waals surface area contributed by atoms with Gasteiger partial charge in [0, 0.05) is 0 Å². The van der Waals surface area contributed by atoms with E-state index in [4.69, 9.17) is 31.3 Å². The van der Waals surface area contributed by atoms with Crippen molar-refractivity contribution in [1.82, 2.24) is 0 Å². The standard InChI is InChI=1S/C8H16N2.C2H2O4.Pt/c1-2-6-3-4-7(9)8(10)5-6;3-1(4)2(5)6;/h6-10H,2-5H2,1H3;(H,3,4)(H,5,6);/q-2;;+2. The molecule has 3 atom stereocenters. The van der Waals surface area contributed by atoms with Crippen molar-refractivity contribution in [3.05, 3.63) is 11.5 Å². The van der Waals surface area contributed by atoms with Crippen molar-refractivity contribution in [2.75, 3.05) is 0 Å². The molecule has 0 aromatic rings. The van der Waals surface area contributed by atoms with Crippen LogP contribution in [0.5, 0.6) is 0 Å². The van der Waals surface area contributed by atoms with Crippen LogP contribution in [-0.4, -0.2) is 34.2 Å². The van der Waals surface area contributed by atoms with Gasteiger partial charge in [-0.3, -0.25) is 0 Å². The van der Waals surface area contributed by atoms with E-state index in [0.717, 1.165) is 18.8 Å². The van der Waals surface area contributed by atoms with E-state index in [1.807, 2.05) is 0 Å². The van der Waals surface area contributed by atoms with Gasteiger partial charge in [-0.1, -0.05) is 32.6 Å². The monoisotopic (exact) mass is 425 g/mol. The molecule has 0 radical (unpaired) electrons. The Morgan fingerprint density at radius 3 is 1.88 bits per heavy atom. The van der Waals surface area contributed by atoms with Crippen LogP contribution in [0.4, 0.5) is 0 Å². The van der Waals surface area contributed by atoms with Crippen molar-refractivity contribution in [3.8, 4) is 0 Å². The Morgan fingerprint density at radius 2 is 1.59 bits per heavy atom. The van der Waals surface area contributed by atoms with Gasteiger partial charge >= 0.3 is 33.0 Å². The maximum Gasteiger partial charge on any atom is 2.00 e. The fourth-order valence-electron chi connectivity index (χ4n) is 1.63. The molecule has 0 aromatic heterocycles. The summed E-state index contributed by atoms with van der Waals surface area (Å²) in [6.45, 7) is 2.18. The van der Waals surface area contributed by atoms with Crippen molar-refractivity contribution < 1.29 is 40.9 Å². The molecule has 0 bridgehead atoms. The van der Waals surface area contributed by atoms with Crippen LogP contribution in [0.2, 0.25) is 0 Å². The maximum absolute atomic E-state index is 9.10. The molecule has 4 N–H and O–H groups in total. The summed E-state index contributed by atoms with van der Waals surface area (Å²) in [5, 5.41) is 14.8. The molecule has 0 saturated heterocycles. The molecule has 1 fully saturated rings. The zero-order chi connectivity index (χ0) is 12.7. The van der Waals surface area contributed by atoms with E-state index in [1.54, 1.807) is 0 Å². The van der Waals surface area contributed by atoms with Gasteiger partial charge in [-0.2, -0.15) is 12.1 Å². The molecule has 1 saturated carbocycles. The molecule has 102 valence electrons. The van der Waals surface area contributed by atoms with Crippen LogP contribution in [0, 0.1) is 5.92 Å². The summed E-state index contributed by atoms with van der Waals surface area (Å²) in [6, 6.07) is -0.193. The third-order valence-corrected chi connectivity index (χ3v) is 2.72. The Bertz CT molecular complexity index is 238. The molecule has 1 rings (SSSR count). The first-order valence-corrected chi connectivity index (χ1v) is 5.26. The van der Waals surface area contributed by atoms with E-state index >= 15 is 0 Å². The van der Waals surface area contributed by atoms with Crippen molar-refractivity contribution in [2.24, 2.45) is 5.92 Å². The van der Waals surface area contributed by atoms with Gasteiger partial charge in [0.2, 0.25) is 0 Å². The van der Waals surface area contributed by atoms with Crippen LogP contribution < -0.4 is 0 Å². The van der Waals surface area contributed by atoms with Gasteiger partial charge in [0.1, 0.15) is 0 Å². The van der Waals surface area contributed by atoms with Gasteiger partial charge in [-0.25, -0.2) is 9.59 Å². The molecule has 0 spiro atoms. The predicted octanol–water partition coefficient (Wildman–Crippen LogP) is 2.19. The first kappa shape index (κ1) is 18.9. The fraction of sp³-hybridized carbons (Fsp3) is 0.800. The molecule has 0 amide bonds. The average Bonchev–Trinajstić information content (AvgIpc) is 2.23. The van der Waals surface area contributed by atoms with E-state index in [-0.39, 0.29) is 33.1 Å². The summed E-state index contributed by atoms with van der Waals surface area (Å²) in [6.07, 6.45) is 4.29. The number of nitrogens with one attached hydrogen (secondary N) is 2. The normalized spacial score (nSPS) is 27.1. The molecule has 0 aromatic carbocycles. The number of carboxylic acid groups (broad SMARTS) is 2. The second kappa shape index (κ2) is 9.57. The minimum atomic E-state index is -1.82. The number of carboxylic acids is 2. The molecule has 6 nitrogen and oxygen atoms in total. The van der Waals surface area contributed by atoms with Gasteiger partial charge in [0.15, 0.2) is 0 Å². The molecular formula is C10H18N2O4Pt. The van der Waals surface area contributed by atoms with Gasteiger partial charge in [-0.15, -0.1) is 0 Å². The molecular weight excluding hydrogens is 407 g/mol. The molecule has 3 unspecified atom stereocenters. The summed E-state index contributed by atoms with van der Waals surface area (Å²) >= 11 is 0. The van der Waals surface area contributed by atoms with Crippen LogP contribution in [0.3, 0.4) is 0 Å². The van der Waals surface area contributed by atoms with Crippen LogP contribution >= 0.6 is 0 Å². The number of hydrogen-bond acceptors (Lipinski definition) is 2. The van der Waals surface area contributed by atoms with Crippen LogP contribution in [0.1, 0.15) is 32.6 Å². The Hall–Kier alpha value is -0.452. The summed E-state index contributed by atoms with van der Waals surface area (Å²) in [7, 11) is 0. The topological polar surface area (TPSA) is 122 Å². The minimum Gasteiger partial charge on any atom is -0.676 e. The van der Waals surface area contributed by atoms with Gasteiger partial charge in [-0.05, 0) is 5.92 Å². The Balaban J connectivity index is 0. The number of carbonyl (C=O) groups is 2. The Kier molecular flexibility index (Phi) is 10.6. The summed E-state index contributed by atoms with van der Waals surface area (Å²) in [5.41, 5.74) is 15.0. The van der Waals surface area contributed by atoms with Crippen LogP contribution in [0.25, 0.3) is 11.5 Å². The summed E-state index contributed by atoms with van der Waals surface area (Å²) < 4.78 is 0. The van der Waals surface area contributed by atoms with Crippen LogP contribution in [0.15, 0.2) is 0 Å². The molecule has 0 aliphatic heterocycles. The second-order valence-corrected chi connectivity index (χ2v) is 3.91. The SMILES string of the molecule is CCC1CCC([NH-])C([NH-])C1.O=C(O)C(=O)O.[Pt+2]. The fourth-order valence-corrected chi connectivity index (χ4v) is 1.63. The molecule has 1 aliphatic carbocycles. The Labute approximate surface area is 115 Å². The smallest absolute Gasteiger partial charge is 0.676 e. The largest absolute Gasteiger partial charge is 2.00 e. The van der Waals surface area contributed by atoms with E-state index < -0.39 is 11.9 Å². The van der Waals surface area contributed by atoms with E-state index in [2.05, 4.69) is 6.92 Å². The third-order valence-electron chi connectivity index (χ3n) is 2.72. The quantitative estimate of drug-likeness (QED) is 0.626. The molecule has 0 heterocycles. The van der Waals surface area contributed by atoms with Gasteiger partial charge < -0.3 is 21.7 Å². The maximum atomic E-state index is 9.10. The van der Waals surface area contributed by atoms with Crippen molar-refractivity contribution in [1.29, 1.82) is 0 Å². The van der Waals surface area contributed by atoms with Gasteiger partial charge in [0.05, 0.1) is 0 Å². The number of rotatable bonds is 1. The van der Waals surface area contributed by atoms with Crippen molar-refractivity contribution >= 4 is 11.9 Å². The predicted molar refractivity (Wildman–Crippen MR) is 59.1 cm³/mol. The third kappa shape index (κ3) is 8.30. The Morgan fingerprint density at radius 1 is 1.12 bits per heavy atom. The number of aliphatic carboxylic acids is 2. The van der Waals surface area contributed by atoms with E-state index in [1.165, 1.54) is 12.8 Å². The van der Waals surface area contributed by atoms with Crippen LogP contribution in [-0.2, 0) is 30.7 Å². The first-order chi connectivity index (χ1) is 7.38. The van der Waals surface area contributed by atoms with E-state index in [9.17, 15) is 0 Å². The summed E-state index contributed by atoms with van der Waals surface area (Å²) in [5.74, 6) is -2.91. The molecule has 7 heteroatoms. The van der Waals surface area contributed by atoms with E-state index in [0.29, 0.717) is 0 Å². The average molecular weight is 425 g/mol. The first-order valence-electron chi connectivity index (χ1n) is 5.26. The van der Waals surface area contributed by atoms with Gasteiger partial charge in [0.25, 0.3) is 0 Å². The summed E-state index contributed by atoms with van der Waals surface area (Å²) in [4.78, 5) is 18.2. The zero-order valence-electron chi connectivity index (χ0n) is 9.59. The minimum absolute atomic E-state index is 0. The molecule has 1 aliphatic rings. The van der Waals surface area contributed by atoms with Crippen molar-refractivity contribution in [3.63, 3.8) is 0 Å².